The van der Waals surface area contributed by atoms with Gasteiger partial charge in [-0.05, 0) is 70.5 Å². The molecule has 1 heterocycles. The van der Waals surface area contributed by atoms with E-state index in [4.69, 9.17) is 8.39 Å². The summed E-state index contributed by atoms with van der Waals surface area (Å²) in [4.78, 5) is 0. The molecular weight excluding hydrogens is 509 g/mol. The summed E-state index contributed by atoms with van der Waals surface area (Å²) in [6, 6.07) is 35.9. The largest absolute Gasteiger partial charge is 0.408 e. The van der Waals surface area contributed by atoms with Crippen molar-refractivity contribution in [3.05, 3.63) is 108 Å². The van der Waals surface area contributed by atoms with Crippen LogP contribution in [0.15, 0.2) is 105 Å². The molecule has 0 amide bonds. The molecule has 4 heteroatoms. The Kier molecular flexibility index (Phi) is 6.16. The summed E-state index contributed by atoms with van der Waals surface area (Å²) < 4.78 is 17.0. The molecule has 0 spiro atoms. The van der Waals surface area contributed by atoms with E-state index in [2.05, 4.69) is 102 Å². The summed E-state index contributed by atoms with van der Waals surface area (Å²) in [5.74, 6) is 0. The highest BCUT2D eigenvalue weighted by atomic mass is 31.1. The molecule has 200 valence electrons. The van der Waals surface area contributed by atoms with Gasteiger partial charge in [0, 0.05) is 22.9 Å². The van der Waals surface area contributed by atoms with E-state index in [-0.39, 0.29) is 0 Å². The Morgan fingerprint density at radius 1 is 0.575 bits per heavy atom. The minimum absolute atomic E-state index is 0.316. The third kappa shape index (κ3) is 4.07. The normalized spacial score (nSPS) is 18.1. The van der Waals surface area contributed by atoms with E-state index in [0.29, 0.717) is 12.1 Å². The number of fused-ring (bicyclic) bond motifs is 8. The molecule has 1 aromatic heterocycles. The monoisotopic (exact) mass is 543 g/mol. The predicted molar refractivity (Wildman–Crippen MR) is 169 cm³/mol. The molecule has 2 aliphatic rings. The quantitative estimate of drug-likeness (QED) is 0.208. The van der Waals surface area contributed by atoms with Gasteiger partial charge in [-0.15, -0.1) is 0 Å². The van der Waals surface area contributed by atoms with Gasteiger partial charge in [-0.2, -0.15) is 4.67 Å². The number of rotatable bonds is 3. The molecule has 6 aromatic rings. The summed E-state index contributed by atoms with van der Waals surface area (Å²) in [5, 5.41) is 7.18. The fourth-order valence-electron chi connectivity index (χ4n) is 7.29. The third-order valence-electron chi connectivity index (χ3n) is 9.19. The molecule has 8 rings (SSSR count). The fraction of sp³-hybridized carbons (Fsp3) is 0.278. The lowest BCUT2D eigenvalue weighted by molar-refractivity contribution is 0.471. The molecule has 0 unspecified atom stereocenters. The molecule has 0 N–H and O–H groups in total. The van der Waals surface area contributed by atoms with Gasteiger partial charge in [0.25, 0.3) is 0 Å². The lowest BCUT2D eigenvalue weighted by Gasteiger charge is -2.33. The Balaban J connectivity index is 1.46. The van der Waals surface area contributed by atoms with E-state index in [9.17, 15) is 0 Å². The van der Waals surface area contributed by atoms with Crippen molar-refractivity contribution in [3.63, 3.8) is 0 Å². The van der Waals surface area contributed by atoms with E-state index >= 15 is 0 Å². The molecule has 0 aliphatic heterocycles. The minimum atomic E-state index is -1.38. The topological polar surface area (TPSA) is 29.5 Å². The highest BCUT2D eigenvalue weighted by Crippen LogP contribution is 2.49. The van der Waals surface area contributed by atoms with Crippen LogP contribution in [-0.2, 0) is 6.42 Å². The molecule has 1 saturated carbocycles. The van der Waals surface area contributed by atoms with Crippen molar-refractivity contribution in [1.29, 1.82) is 0 Å². The van der Waals surface area contributed by atoms with Crippen LogP contribution in [0.2, 0.25) is 0 Å². The number of hydrogen-bond donors (Lipinski definition) is 0. The van der Waals surface area contributed by atoms with E-state index in [0.717, 1.165) is 34.8 Å². The second-order valence-corrected chi connectivity index (χ2v) is 12.8. The SMILES string of the molecule is c1ccc2c(c1)CC[C@@H]2N(C1CCCCCC1)p1oc2ccc3ccccc3c2c2c(ccc3ccccc32)o1. The van der Waals surface area contributed by atoms with E-state index in [1.54, 1.807) is 0 Å². The highest BCUT2D eigenvalue weighted by molar-refractivity contribution is 7.39. The summed E-state index contributed by atoms with van der Waals surface area (Å²) in [7, 11) is -1.38. The molecular formula is C36H34NO2P. The zero-order valence-corrected chi connectivity index (χ0v) is 23.7. The van der Waals surface area contributed by atoms with Crippen LogP contribution in [-0.4, -0.2) is 6.04 Å². The van der Waals surface area contributed by atoms with Crippen LogP contribution in [0, 0.1) is 0 Å². The van der Waals surface area contributed by atoms with Crippen molar-refractivity contribution in [2.45, 2.75) is 63.5 Å². The molecule has 0 bridgehead atoms. The standard InChI is InChI=1S/C36H34NO2P/c1-2-4-15-28(14-3-1)37(32-22-19-25-11-5-8-16-29(25)32)40-38-33-23-20-26-12-6-9-17-30(26)35(33)36-31-18-10-7-13-27(31)21-24-34(36)39-40/h5-13,16-18,20-21,23-24,28,32H,1-4,14-15,19,22H2/t32-/m0/s1. The summed E-state index contributed by atoms with van der Waals surface area (Å²) in [6.45, 7) is 0. The van der Waals surface area contributed by atoms with E-state index in [1.807, 2.05) is 0 Å². The average Bonchev–Trinajstić information content (AvgIpc) is 3.15. The highest BCUT2D eigenvalue weighted by Gasteiger charge is 2.36. The summed E-state index contributed by atoms with van der Waals surface area (Å²) >= 11 is 0. The first-order valence-corrected chi connectivity index (χ1v) is 16.0. The molecule has 1 atom stereocenters. The Hall–Kier alpha value is -3.52. The molecule has 2 aliphatic carbocycles. The second kappa shape index (κ2) is 10.1. The van der Waals surface area contributed by atoms with Gasteiger partial charge in [-0.25, -0.2) is 0 Å². The fourth-order valence-corrected chi connectivity index (χ4v) is 9.12. The van der Waals surface area contributed by atoms with Crippen molar-refractivity contribution in [1.82, 2.24) is 0 Å². The Morgan fingerprint density at radius 2 is 1.15 bits per heavy atom. The summed E-state index contributed by atoms with van der Waals surface area (Å²) in [6.07, 6.45) is 9.87. The minimum Gasteiger partial charge on any atom is -0.408 e. The van der Waals surface area contributed by atoms with Gasteiger partial charge in [0.2, 0.25) is 0 Å². The smallest absolute Gasteiger partial charge is 0.310 e. The second-order valence-electron chi connectivity index (χ2n) is 11.5. The van der Waals surface area contributed by atoms with Crippen molar-refractivity contribution >= 4 is 51.6 Å². The van der Waals surface area contributed by atoms with Gasteiger partial charge in [-0.1, -0.05) is 111 Å². The maximum absolute atomic E-state index is 7.15. The van der Waals surface area contributed by atoms with Gasteiger partial charge in [-0.3, -0.25) is 0 Å². The summed E-state index contributed by atoms with van der Waals surface area (Å²) in [5.41, 5.74) is 4.81. The maximum atomic E-state index is 7.15. The van der Waals surface area contributed by atoms with Gasteiger partial charge in [0.15, 0.2) is 0 Å². The maximum Gasteiger partial charge on any atom is 0.310 e. The number of nitrogens with zero attached hydrogens (tertiary/aromatic N) is 1. The van der Waals surface area contributed by atoms with Crippen molar-refractivity contribution < 1.29 is 8.39 Å². The van der Waals surface area contributed by atoms with Crippen LogP contribution in [0.25, 0.3) is 43.5 Å². The molecule has 3 nitrogen and oxygen atoms in total. The van der Waals surface area contributed by atoms with E-state index < -0.39 is 8.16 Å². The Labute approximate surface area is 236 Å². The van der Waals surface area contributed by atoms with Crippen LogP contribution in [0.3, 0.4) is 0 Å². The molecule has 0 radical (unpaired) electrons. The zero-order chi connectivity index (χ0) is 26.5. The molecule has 0 saturated heterocycles. The zero-order valence-electron chi connectivity index (χ0n) is 22.8. The van der Waals surface area contributed by atoms with Gasteiger partial charge in [0.05, 0.1) is 0 Å². The van der Waals surface area contributed by atoms with Crippen LogP contribution >= 0.6 is 8.16 Å². The molecule has 1 fully saturated rings. The van der Waals surface area contributed by atoms with Gasteiger partial charge >= 0.3 is 8.16 Å². The number of aryl methyl sites for hydroxylation is 1. The average molecular weight is 544 g/mol. The van der Waals surface area contributed by atoms with Crippen molar-refractivity contribution in [2.75, 3.05) is 4.67 Å². The van der Waals surface area contributed by atoms with Crippen LogP contribution in [0.4, 0.5) is 0 Å². The Bertz CT molecular complexity index is 1800. The lowest BCUT2D eigenvalue weighted by Crippen LogP contribution is -2.35. The lowest BCUT2D eigenvalue weighted by atomic mass is 9.99. The first-order valence-electron chi connectivity index (χ1n) is 14.9. The predicted octanol–water partition coefficient (Wildman–Crippen LogP) is 10.9. The molecule has 40 heavy (non-hydrogen) atoms. The van der Waals surface area contributed by atoms with E-state index in [1.165, 1.54) is 71.2 Å². The first-order chi connectivity index (χ1) is 19.8. The van der Waals surface area contributed by atoms with Crippen molar-refractivity contribution in [2.24, 2.45) is 0 Å². The number of hydrogen-bond acceptors (Lipinski definition) is 3. The third-order valence-corrected chi connectivity index (χ3v) is 10.9. The number of benzene rings is 5. The van der Waals surface area contributed by atoms with Crippen LogP contribution in [0.1, 0.15) is 62.1 Å². The molecule has 5 aromatic carbocycles. The van der Waals surface area contributed by atoms with Gasteiger partial charge in [0.1, 0.15) is 11.2 Å². The van der Waals surface area contributed by atoms with Crippen LogP contribution in [0.5, 0.6) is 0 Å². The first kappa shape index (κ1) is 24.3. The Morgan fingerprint density at radius 3 is 1.80 bits per heavy atom. The van der Waals surface area contributed by atoms with Crippen molar-refractivity contribution in [3.8, 4) is 0 Å². The van der Waals surface area contributed by atoms with Gasteiger partial charge < -0.3 is 8.39 Å². The van der Waals surface area contributed by atoms with Crippen LogP contribution < -0.4 is 4.67 Å².